The van der Waals surface area contributed by atoms with E-state index in [1.165, 1.54) is 43.2 Å². The highest BCUT2D eigenvalue weighted by atomic mass is 32.2. The molecule has 1 fully saturated rings. The Morgan fingerprint density at radius 3 is 2.52 bits per heavy atom. The third-order valence-electron chi connectivity index (χ3n) is 5.70. The van der Waals surface area contributed by atoms with Gasteiger partial charge in [0.1, 0.15) is 11.6 Å². The maximum Gasteiger partial charge on any atom is 0.195 e. The van der Waals surface area contributed by atoms with E-state index in [1.807, 2.05) is 6.07 Å². The summed E-state index contributed by atoms with van der Waals surface area (Å²) in [4.78, 5) is 0. The number of nitrogens with zero attached hydrogens (tertiary/aromatic N) is 3. The fraction of sp³-hybridized carbons (Fsp3) is 0.417. The molecular formula is C24H29N3OS. The van der Waals surface area contributed by atoms with Crippen LogP contribution in [-0.4, -0.2) is 27.1 Å². The van der Waals surface area contributed by atoms with Gasteiger partial charge in [0, 0.05) is 17.4 Å². The summed E-state index contributed by atoms with van der Waals surface area (Å²) in [5, 5.41) is 10.1. The van der Waals surface area contributed by atoms with Crippen LogP contribution >= 0.6 is 11.8 Å². The van der Waals surface area contributed by atoms with Gasteiger partial charge >= 0.3 is 0 Å². The second-order valence-electron chi connectivity index (χ2n) is 7.79. The third-order valence-corrected chi connectivity index (χ3v) is 6.60. The van der Waals surface area contributed by atoms with Crippen molar-refractivity contribution in [3.8, 4) is 11.4 Å². The summed E-state index contributed by atoms with van der Waals surface area (Å²) in [7, 11) is 0. The van der Waals surface area contributed by atoms with Gasteiger partial charge in [-0.1, -0.05) is 55.3 Å². The van der Waals surface area contributed by atoms with Crippen LogP contribution in [0.5, 0.6) is 5.75 Å². The lowest BCUT2D eigenvalue weighted by Crippen LogP contribution is -2.12. The molecule has 0 spiro atoms. The summed E-state index contributed by atoms with van der Waals surface area (Å²) in [5.41, 5.74) is 3.70. The molecule has 0 saturated heterocycles. The standard InChI is InChI=1S/C24H29N3OS/c1-18-13-14-22(17-19(18)2)28-15-16-29-24-26-25-23(20-9-5-3-6-10-20)27(24)21-11-7-4-8-12-21/h4,7-8,11-14,17,20H,3,5-6,9-10,15-16H2,1-2H3. The Labute approximate surface area is 177 Å². The Morgan fingerprint density at radius 1 is 0.966 bits per heavy atom. The van der Waals surface area contributed by atoms with E-state index in [9.17, 15) is 0 Å². The van der Waals surface area contributed by atoms with E-state index in [4.69, 9.17) is 4.74 Å². The van der Waals surface area contributed by atoms with Crippen molar-refractivity contribution in [3.05, 3.63) is 65.5 Å². The van der Waals surface area contributed by atoms with Gasteiger partial charge in [-0.25, -0.2) is 0 Å². The zero-order valence-electron chi connectivity index (χ0n) is 17.3. The van der Waals surface area contributed by atoms with Gasteiger partial charge in [0.15, 0.2) is 5.16 Å². The van der Waals surface area contributed by atoms with Gasteiger partial charge in [0.2, 0.25) is 0 Å². The first kappa shape index (κ1) is 20.0. The molecule has 1 aliphatic rings. The molecule has 1 aliphatic carbocycles. The number of hydrogen-bond acceptors (Lipinski definition) is 4. The Morgan fingerprint density at radius 2 is 1.76 bits per heavy atom. The summed E-state index contributed by atoms with van der Waals surface area (Å²) >= 11 is 1.72. The molecule has 4 nitrogen and oxygen atoms in total. The van der Waals surface area contributed by atoms with E-state index in [-0.39, 0.29) is 0 Å². The Balaban J connectivity index is 1.46. The zero-order chi connectivity index (χ0) is 20.1. The van der Waals surface area contributed by atoms with Gasteiger partial charge in [0.05, 0.1) is 6.61 Å². The van der Waals surface area contributed by atoms with Crippen LogP contribution in [0, 0.1) is 13.8 Å². The molecule has 0 unspecified atom stereocenters. The largest absolute Gasteiger partial charge is 0.493 e. The highest BCUT2D eigenvalue weighted by molar-refractivity contribution is 7.99. The minimum atomic E-state index is 0.512. The zero-order valence-corrected chi connectivity index (χ0v) is 18.1. The number of aryl methyl sites for hydroxylation is 2. The van der Waals surface area contributed by atoms with Crippen LogP contribution in [0.25, 0.3) is 5.69 Å². The molecule has 1 aromatic heterocycles. The highest BCUT2D eigenvalue weighted by Gasteiger charge is 2.24. The molecule has 0 aliphatic heterocycles. The Bertz CT molecular complexity index is 933. The van der Waals surface area contributed by atoms with E-state index in [2.05, 4.69) is 71.1 Å². The number of rotatable bonds is 7. The molecule has 0 radical (unpaired) electrons. The van der Waals surface area contributed by atoms with Crippen LogP contribution in [0.15, 0.2) is 53.7 Å². The quantitative estimate of drug-likeness (QED) is 0.350. The van der Waals surface area contributed by atoms with Crippen molar-refractivity contribution in [2.45, 2.75) is 57.0 Å². The van der Waals surface area contributed by atoms with Crippen LogP contribution in [0.4, 0.5) is 0 Å². The lowest BCUT2D eigenvalue weighted by Gasteiger charge is -2.22. The van der Waals surface area contributed by atoms with Crippen LogP contribution in [-0.2, 0) is 0 Å². The topological polar surface area (TPSA) is 39.9 Å². The maximum absolute atomic E-state index is 5.95. The van der Waals surface area contributed by atoms with Gasteiger partial charge in [-0.15, -0.1) is 10.2 Å². The average Bonchev–Trinajstić information content (AvgIpc) is 3.19. The first-order chi connectivity index (χ1) is 14.2. The van der Waals surface area contributed by atoms with E-state index >= 15 is 0 Å². The van der Waals surface area contributed by atoms with Crippen molar-refractivity contribution in [1.82, 2.24) is 14.8 Å². The number of hydrogen-bond donors (Lipinski definition) is 0. The van der Waals surface area contributed by atoms with Gasteiger partial charge in [-0.3, -0.25) is 4.57 Å². The smallest absolute Gasteiger partial charge is 0.195 e. The Hall–Kier alpha value is -2.27. The van der Waals surface area contributed by atoms with Crippen LogP contribution < -0.4 is 4.74 Å². The monoisotopic (exact) mass is 407 g/mol. The minimum Gasteiger partial charge on any atom is -0.493 e. The summed E-state index contributed by atoms with van der Waals surface area (Å²) < 4.78 is 8.21. The second kappa shape index (κ2) is 9.49. The van der Waals surface area contributed by atoms with Crippen LogP contribution in [0.3, 0.4) is 0 Å². The van der Waals surface area contributed by atoms with Gasteiger partial charge in [-0.2, -0.15) is 0 Å². The van der Waals surface area contributed by atoms with E-state index in [0.29, 0.717) is 12.5 Å². The summed E-state index contributed by atoms with van der Waals surface area (Å²) in [6.07, 6.45) is 6.35. The first-order valence-corrected chi connectivity index (χ1v) is 11.5. The fourth-order valence-electron chi connectivity index (χ4n) is 3.92. The van der Waals surface area contributed by atoms with Crippen molar-refractivity contribution in [3.63, 3.8) is 0 Å². The molecule has 5 heteroatoms. The average molecular weight is 408 g/mol. The molecule has 0 N–H and O–H groups in total. The molecule has 2 aromatic carbocycles. The van der Waals surface area contributed by atoms with Crippen LogP contribution in [0.2, 0.25) is 0 Å². The number of para-hydroxylation sites is 1. The van der Waals surface area contributed by atoms with Crippen molar-refractivity contribution in [2.75, 3.05) is 12.4 Å². The van der Waals surface area contributed by atoms with Crippen molar-refractivity contribution in [2.24, 2.45) is 0 Å². The van der Waals surface area contributed by atoms with Gasteiger partial charge in [0.25, 0.3) is 0 Å². The molecule has 0 amide bonds. The number of thioether (sulfide) groups is 1. The lowest BCUT2D eigenvalue weighted by molar-refractivity contribution is 0.343. The molecule has 1 heterocycles. The molecule has 3 aromatic rings. The molecule has 29 heavy (non-hydrogen) atoms. The van der Waals surface area contributed by atoms with Crippen molar-refractivity contribution in [1.29, 1.82) is 0 Å². The van der Waals surface area contributed by atoms with Crippen LogP contribution in [0.1, 0.15) is 55.0 Å². The predicted octanol–water partition coefficient (Wildman–Crippen LogP) is 6.10. The SMILES string of the molecule is Cc1ccc(OCCSc2nnc(C3CCCCC3)n2-c2ccccc2)cc1C. The van der Waals surface area contributed by atoms with Gasteiger partial charge in [-0.05, 0) is 62.1 Å². The van der Waals surface area contributed by atoms with E-state index in [0.717, 1.165) is 28.2 Å². The highest BCUT2D eigenvalue weighted by Crippen LogP contribution is 2.34. The molecule has 0 bridgehead atoms. The fourth-order valence-corrected chi connectivity index (χ4v) is 4.69. The van der Waals surface area contributed by atoms with Crippen molar-refractivity contribution < 1.29 is 4.74 Å². The second-order valence-corrected chi connectivity index (χ2v) is 8.85. The first-order valence-electron chi connectivity index (χ1n) is 10.6. The molecule has 0 atom stereocenters. The molecular weight excluding hydrogens is 378 g/mol. The van der Waals surface area contributed by atoms with E-state index in [1.54, 1.807) is 11.8 Å². The van der Waals surface area contributed by atoms with Crippen molar-refractivity contribution >= 4 is 11.8 Å². The van der Waals surface area contributed by atoms with Gasteiger partial charge < -0.3 is 4.74 Å². The number of benzene rings is 2. The molecule has 152 valence electrons. The molecule has 1 saturated carbocycles. The third kappa shape index (κ3) is 4.84. The van der Waals surface area contributed by atoms with E-state index < -0.39 is 0 Å². The Kier molecular flexibility index (Phi) is 6.55. The predicted molar refractivity (Wildman–Crippen MR) is 119 cm³/mol. The normalized spacial score (nSPS) is 14.8. The minimum absolute atomic E-state index is 0.512. The molecule has 4 rings (SSSR count). The number of ether oxygens (including phenoxy) is 1. The summed E-state index contributed by atoms with van der Waals surface area (Å²) in [5.74, 6) is 3.40. The maximum atomic E-state index is 5.95. The lowest BCUT2D eigenvalue weighted by atomic mass is 9.88. The summed E-state index contributed by atoms with van der Waals surface area (Å²) in [6.45, 7) is 4.88. The number of aromatic nitrogens is 3. The summed E-state index contributed by atoms with van der Waals surface area (Å²) in [6, 6.07) is 16.8.